The van der Waals surface area contributed by atoms with Crippen molar-refractivity contribution in [3.05, 3.63) is 65.7 Å². The van der Waals surface area contributed by atoms with Crippen molar-refractivity contribution in [1.29, 1.82) is 0 Å². The van der Waals surface area contributed by atoms with Crippen LogP contribution in [0, 0.1) is 0 Å². The Kier molecular flexibility index (Phi) is 7.82. The summed E-state index contributed by atoms with van der Waals surface area (Å²) in [7, 11) is 1.70. The molecule has 0 aliphatic carbocycles. The van der Waals surface area contributed by atoms with E-state index in [0.29, 0.717) is 31.0 Å². The fraction of sp³-hybridized carbons (Fsp3) is 0.391. The van der Waals surface area contributed by atoms with Gasteiger partial charge in [0.2, 0.25) is 0 Å². The minimum Gasteiger partial charge on any atom is -0.465 e. The van der Waals surface area contributed by atoms with Gasteiger partial charge in [0, 0.05) is 51.0 Å². The number of benzene rings is 1. The number of hydrogen-bond donors (Lipinski definition) is 1. The van der Waals surface area contributed by atoms with Gasteiger partial charge in [-0.2, -0.15) is 0 Å². The highest BCUT2D eigenvalue weighted by Crippen LogP contribution is 2.16. The Morgan fingerprint density at radius 2 is 2.00 bits per heavy atom. The molecule has 0 saturated carbocycles. The maximum absolute atomic E-state index is 13.3. The van der Waals surface area contributed by atoms with Crippen LogP contribution in [0.2, 0.25) is 0 Å². The van der Waals surface area contributed by atoms with Crippen LogP contribution in [0.15, 0.2) is 58.8 Å². The van der Waals surface area contributed by atoms with E-state index in [4.69, 9.17) is 9.15 Å². The molecule has 2 aromatic rings. The van der Waals surface area contributed by atoms with E-state index in [2.05, 4.69) is 17.1 Å². The fourth-order valence-corrected chi connectivity index (χ4v) is 3.59. The van der Waals surface area contributed by atoms with Crippen molar-refractivity contribution in [2.24, 2.45) is 0 Å². The lowest BCUT2D eigenvalue weighted by molar-refractivity contribution is -0.130. The maximum Gasteiger partial charge on any atom is 0.270 e. The molecule has 1 aliphatic rings. The molecule has 30 heavy (non-hydrogen) atoms. The Bertz CT molecular complexity index is 849. The summed E-state index contributed by atoms with van der Waals surface area (Å²) >= 11 is 0. The van der Waals surface area contributed by atoms with E-state index in [9.17, 15) is 9.59 Å². The Morgan fingerprint density at radius 1 is 1.20 bits per heavy atom. The first kappa shape index (κ1) is 21.8. The SMILES string of the molecule is CCC1CN(C(=O)/C(=C/c2ccco2)NC(=O)c2ccccc2)CCN1CCOC. The van der Waals surface area contributed by atoms with Crippen molar-refractivity contribution >= 4 is 17.9 Å². The highest BCUT2D eigenvalue weighted by atomic mass is 16.5. The molecule has 2 amide bonds. The van der Waals surface area contributed by atoms with Crippen molar-refractivity contribution in [2.75, 3.05) is 39.9 Å². The van der Waals surface area contributed by atoms with Crippen molar-refractivity contribution in [2.45, 2.75) is 19.4 Å². The molecule has 0 spiro atoms. The molecule has 1 unspecified atom stereocenters. The van der Waals surface area contributed by atoms with Gasteiger partial charge in [-0.3, -0.25) is 14.5 Å². The quantitative estimate of drug-likeness (QED) is 0.676. The molecular weight excluding hydrogens is 382 g/mol. The summed E-state index contributed by atoms with van der Waals surface area (Å²) in [5.74, 6) is -0.0227. The lowest BCUT2D eigenvalue weighted by Gasteiger charge is -2.41. The number of carbonyl (C=O) groups is 2. The van der Waals surface area contributed by atoms with Crippen molar-refractivity contribution < 1.29 is 18.7 Å². The molecule has 1 aliphatic heterocycles. The number of nitrogens with zero attached hydrogens (tertiary/aromatic N) is 2. The van der Waals surface area contributed by atoms with E-state index in [1.165, 1.54) is 6.26 Å². The average molecular weight is 412 g/mol. The van der Waals surface area contributed by atoms with Crippen LogP contribution in [0.1, 0.15) is 29.5 Å². The summed E-state index contributed by atoms with van der Waals surface area (Å²) in [5, 5.41) is 2.78. The number of amides is 2. The summed E-state index contributed by atoms with van der Waals surface area (Å²) in [6, 6.07) is 12.6. The number of rotatable bonds is 8. The van der Waals surface area contributed by atoms with Gasteiger partial charge in [0.15, 0.2) is 0 Å². The topological polar surface area (TPSA) is 75.0 Å². The predicted molar refractivity (Wildman–Crippen MR) is 115 cm³/mol. The van der Waals surface area contributed by atoms with Crippen LogP contribution >= 0.6 is 0 Å². The summed E-state index contributed by atoms with van der Waals surface area (Å²) in [6.07, 6.45) is 4.05. The average Bonchev–Trinajstić information content (AvgIpc) is 3.30. The minimum absolute atomic E-state index is 0.207. The third-order valence-electron chi connectivity index (χ3n) is 5.29. The van der Waals surface area contributed by atoms with Gasteiger partial charge in [-0.15, -0.1) is 0 Å². The largest absolute Gasteiger partial charge is 0.465 e. The molecule has 3 rings (SSSR count). The number of carbonyl (C=O) groups excluding carboxylic acids is 2. The number of ether oxygens (including phenoxy) is 1. The molecule has 1 N–H and O–H groups in total. The Hall–Kier alpha value is -2.90. The molecular formula is C23H29N3O4. The molecule has 0 bridgehead atoms. The lowest BCUT2D eigenvalue weighted by atomic mass is 10.1. The van der Waals surface area contributed by atoms with Crippen LogP contribution in [0.4, 0.5) is 0 Å². The molecule has 2 heterocycles. The van der Waals surface area contributed by atoms with E-state index < -0.39 is 0 Å². The van der Waals surface area contributed by atoms with Crippen LogP contribution in [0.3, 0.4) is 0 Å². The second kappa shape index (κ2) is 10.8. The van der Waals surface area contributed by atoms with Crippen molar-refractivity contribution in [3.8, 4) is 0 Å². The standard InChI is InChI=1S/C23H29N3O4/c1-3-19-17-26(12-11-25(19)13-15-29-2)23(28)21(16-20-10-7-14-30-20)24-22(27)18-8-5-4-6-9-18/h4-10,14,16,19H,3,11-13,15,17H2,1-2H3,(H,24,27)/b21-16-. The van der Waals surface area contributed by atoms with Crippen LogP contribution in [0.25, 0.3) is 6.08 Å². The van der Waals surface area contributed by atoms with E-state index in [-0.39, 0.29) is 23.6 Å². The Morgan fingerprint density at radius 3 is 2.67 bits per heavy atom. The van der Waals surface area contributed by atoms with Crippen molar-refractivity contribution in [1.82, 2.24) is 15.1 Å². The van der Waals surface area contributed by atoms with Gasteiger partial charge in [0.25, 0.3) is 11.8 Å². The monoisotopic (exact) mass is 411 g/mol. The Labute approximate surface area is 177 Å². The van der Waals surface area contributed by atoms with Crippen LogP contribution in [-0.4, -0.2) is 67.6 Å². The number of piperazine rings is 1. The zero-order valence-electron chi connectivity index (χ0n) is 17.5. The van der Waals surface area contributed by atoms with Gasteiger partial charge < -0.3 is 19.4 Å². The maximum atomic E-state index is 13.3. The molecule has 1 fully saturated rings. The molecule has 7 nitrogen and oxygen atoms in total. The van der Waals surface area contributed by atoms with E-state index in [0.717, 1.165) is 19.5 Å². The minimum atomic E-state index is -0.326. The third kappa shape index (κ3) is 5.58. The predicted octanol–water partition coefficient (Wildman–Crippen LogP) is 2.62. The smallest absolute Gasteiger partial charge is 0.270 e. The second-order valence-electron chi connectivity index (χ2n) is 7.24. The lowest BCUT2D eigenvalue weighted by Crippen LogP contribution is -2.56. The zero-order chi connectivity index (χ0) is 21.3. The third-order valence-corrected chi connectivity index (χ3v) is 5.29. The highest BCUT2D eigenvalue weighted by molar-refractivity contribution is 6.05. The Balaban J connectivity index is 1.76. The number of hydrogen-bond acceptors (Lipinski definition) is 5. The van der Waals surface area contributed by atoms with E-state index in [1.807, 2.05) is 6.07 Å². The molecule has 160 valence electrons. The first-order valence-corrected chi connectivity index (χ1v) is 10.3. The van der Waals surface area contributed by atoms with Gasteiger partial charge in [-0.05, 0) is 30.7 Å². The van der Waals surface area contributed by atoms with Gasteiger partial charge in [0.05, 0.1) is 12.9 Å². The summed E-state index contributed by atoms with van der Waals surface area (Å²) in [5.41, 5.74) is 0.700. The molecule has 7 heteroatoms. The van der Waals surface area contributed by atoms with Gasteiger partial charge in [0.1, 0.15) is 11.5 Å². The van der Waals surface area contributed by atoms with E-state index >= 15 is 0 Å². The summed E-state index contributed by atoms with van der Waals surface area (Å²) in [6.45, 7) is 5.60. The van der Waals surface area contributed by atoms with Crippen LogP contribution in [0.5, 0.6) is 0 Å². The van der Waals surface area contributed by atoms with Crippen molar-refractivity contribution in [3.63, 3.8) is 0 Å². The molecule has 1 aromatic heterocycles. The first-order chi connectivity index (χ1) is 14.6. The zero-order valence-corrected chi connectivity index (χ0v) is 17.5. The molecule has 1 aromatic carbocycles. The molecule has 1 saturated heterocycles. The summed E-state index contributed by atoms with van der Waals surface area (Å²) < 4.78 is 10.6. The molecule has 1 atom stereocenters. The second-order valence-corrected chi connectivity index (χ2v) is 7.24. The van der Waals surface area contributed by atoms with Gasteiger partial charge in [-0.25, -0.2) is 0 Å². The fourth-order valence-electron chi connectivity index (χ4n) is 3.59. The molecule has 0 radical (unpaired) electrons. The number of nitrogens with one attached hydrogen (secondary N) is 1. The van der Waals surface area contributed by atoms with E-state index in [1.54, 1.807) is 54.5 Å². The van der Waals surface area contributed by atoms with Gasteiger partial charge in [-0.1, -0.05) is 25.1 Å². The van der Waals surface area contributed by atoms with Crippen LogP contribution in [-0.2, 0) is 9.53 Å². The highest BCUT2D eigenvalue weighted by Gasteiger charge is 2.30. The number of methoxy groups -OCH3 is 1. The normalized spacial score (nSPS) is 17.7. The number of furan rings is 1. The first-order valence-electron chi connectivity index (χ1n) is 10.3. The van der Waals surface area contributed by atoms with Gasteiger partial charge >= 0.3 is 0 Å². The van der Waals surface area contributed by atoms with Crippen LogP contribution < -0.4 is 5.32 Å². The summed E-state index contributed by atoms with van der Waals surface area (Å²) in [4.78, 5) is 30.2.